The van der Waals surface area contributed by atoms with E-state index < -0.39 is 0 Å². The molecular weight excluding hydrogens is 472 g/mol. The first kappa shape index (κ1) is 21.1. The molecule has 35 heavy (non-hydrogen) atoms. The lowest BCUT2D eigenvalue weighted by Gasteiger charge is -2.17. The largest absolute Gasteiger partial charge is 0.274 e. The number of carbonyl (C=O) groups is 2. The molecule has 1 aromatic heterocycles. The van der Waals surface area contributed by atoms with E-state index in [2.05, 4.69) is 60.7 Å². The van der Waals surface area contributed by atoms with Crippen LogP contribution in [0.3, 0.4) is 0 Å². The number of benzene rings is 3. The molecule has 2 bridgehead atoms. The van der Waals surface area contributed by atoms with E-state index >= 15 is 0 Å². The maximum Gasteiger partial charge on any atom is 0.238 e. The fourth-order valence-electron chi connectivity index (χ4n) is 5.92. The number of allylic oxidation sites excluding steroid dienone is 2. The highest BCUT2D eigenvalue weighted by Gasteiger charge is 2.59. The molecule has 0 unspecified atom stereocenters. The number of imide groups is 1. The third kappa shape index (κ3) is 3.39. The molecule has 3 aromatic carbocycles. The summed E-state index contributed by atoms with van der Waals surface area (Å²) in [6.45, 7) is 0. The Morgan fingerprint density at radius 3 is 2.03 bits per heavy atom. The molecular formula is C29H22N2O2S2. The third-order valence-corrected chi connectivity index (χ3v) is 9.93. The second kappa shape index (κ2) is 8.18. The van der Waals surface area contributed by atoms with Crippen LogP contribution in [-0.2, 0) is 9.59 Å². The van der Waals surface area contributed by atoms with Crippen molar-refractivity contribution in [2.24, 2.45) is 23.7 Å². The van der Waals surface area contributed by atoms with Crippen LogP contribution in [0.1, 0.15) is 22.8 Å². The maximum absolute atomic E-state index is 13.2. The number of thioether (sulfide) groups is 1. The van der Waals surface area contributed by atoms with Gasteiger partial charge in [-0.1, -0.05) is 84.6 Å². The summed E-state index contributed by atoms with van der Waals surface area (Å²) in [5.74, 6) is -0.00684. The topological polar surface area (TPSA) is 50.3 Å². The highest BCUT2D eigenvalue weighted by atomic mass is 32.2. The summed E-state index contributed by atoms with van der Waals surface area (Å²) >= 11 is 3.35. The number of amides is 2. The van der Waals surface area contributed by atoms with Gasteiger partial charge in [0.25, 0.3) is 0 Å². The minimum atomic E-state index is -0.182. The number of anilines is 1. The Morgan fingerprint density at radius 1 is 0.829 bits per heavy atom. The van der Waals surface area contributed by atoms with E-state index in [1.165, 1.54) is 16.0 Å². The van der Waals surface area contributed by atoms with Gasteiger partial charge in [0.2, 0.25) is 11.8 Å². The molecule has 2 heterocycles. The summed E-state index contributed by atoms with van der Waals surface area (Å²) < 4.78 is 1.96. The quantitative estimate of drug-likeness (QED) is 0.181. The molecule has 1 saturated carbocycles. The van der Waals surface area contributed by atoms with Gasteiger partial charge in [0, 0.05) is 0 Å². The van der Waals surface area contributed by atoms with Gasteiger partial charge in [0.15, 0.2) is 4.34 Å². The monoisotopic (exact) mass is 494 g/mol. The Morgan fingerprint density at radius 2 is 1.43 bits per heavy atom. The van der Waals surface area contributed by atoms with E-state index in [9.17, 15) is 9.59 Å². The zero-order valence-corrected chi connectivity index (χ0v) is 20.4. The van der Waals surface area contributed by atoms with E-state index in [1.807, 2.05) is 30.3 Å². The Hall–Kier alpha value is -3.22. The van der Waals surface area contributed by atoms with Gasteiger partial charge in [-0.05, 0) is 47.6 Å². The summed E-state index contributed by atoms with van der Waals surface area (Å²) in [7, 11) is 0. The first-order valence-corrected chi connectivity index (χ1v) is 13.6. The van der Waals surface area contributed by atoms with Crippen molar-refractivity contribution in [2.45, 2.75) is 16.0 Å². The zero-order chi connectivity index (χ0) is 23.5. The Bertz CT molecular complexity index is 1410. The van der Waals surface area contributed by atoms with Crippen LogP contribution in [0.2, 0.25) is 0 Å². The Kier molecular flexibility index (Phi) is 4.93. The zero-order valence-electron chi connectivity index (χ0n) is 18.8. The molecule has 0 N–H and O–H groups in total. The summed E-state index contributed by atoms with van der Waals surface area (Å²) in [5, 5.41) is 0.126. The summed E-state index contributed by atoms with van der Waals surface area (Å²) in [6, 6.07) is 26.7. The van der Waals surface area contributed by atoms with E-state index in [0.717, 1.165) is 21.0 Å². The first-order chi connectivity index (χ1) is 17.2. The average Bonchev–Trinajstić information content (AvgIpc) is 3.66. The molecule has 4 aromatic rings. The van der Waals surface area contributed by atoms with Crippen LogP contribution in [0.25, 0.3) is 10.2 Å². The summed E-state index contributed by atoms with van der Waals surface area (Å²) in [5.41, 5.74) is 4.02. The molecule has 0 spiro atoms. The van der Waals surface area contributed by atoms with Crippen molar-refractivity contribution in [3.05, 3.63) is 102 Å². The average molecular weight is 495 g/mol. The first-order valence-electron chi connectivity index (χ1n) is 11.9. The molecule has 6 heteroatoms. The van der Waals surface area contributed by atoms with Crippen molar-refractivity contribution in [1.29, 1.82) is 0 Å². The van der Waals surface area contributed by atoms with Gasteiger partial charge in [-0.25, -0.2) is 9.88 Å². The number of aromatic nitrogens is 1. The van der Waals surface area contributed by atoms with Crippen LogP contribution in [0, 0.1) is 23.7 Å². The normalized spacial score (nSPS) is 24.8. The summed E-state index contributed by atoms with van der Waals surface area (Å²) in [6.07, 6.45) is 5.21. The molecule has 1 saturated heterocycles. The predicted molar refractivity (Wildman–Crippen MR) is 140 cm³/mol. The molecule has 0 radical (unpaired) electrons. The van der Waals surface area contributed by atoms with Gasteiger partial charge in [-0.15, -0.1) is 11.3 Å². The van der Waals surface area contributed by atoms with Crippen LogP contribution in [0.5, 0.6) is 0 Å². The Balaban J connectivity index is 1.21. The van der Waals surface area contributed by atoms with Crippen LogP contribution >= 0.6 is 23.1 Å². The summed E-state index contributed by atoms with van der Waals surface area (Å²) in [4.78, 5) is 32.8. The van der Waals surface area contributed by atoms with Crippen LogP contribution < -0.4 is 4.90 Å². The number of hydrogen-bond donors (Lipinski definition) is 0. The van der Waals surface area contributed by atoms with Crippen LogP contribution in [-0.4, -0.2) is 16.8 Å². The van der Waals surface area contributed by atoms with Crippen molar-refractivity contribution in [1.82, 2.24) is 4.98 Å². The molecule has 172 valence electrons. The SMILES string of the molecule is O=C1[C@@H]2[C@H](C(=O)N1c1ccc3nc(SC(c4ccccc4)c4ccccc4)sc3c1)[C@H]1C=C[C@H]2C1. The lowest BCUT2D eigenvalue weighted by Crippen LogP contribution is -2.32. The van der Waals surface area contributed by atoms with Gasteiger partial charge in [0.1, 0.15) is 0 Å². The number of rotatable bonds is 5. The molecule has 4 atom stereocenters. The van der Waals surface area contributed by atoms with Gasteiger partial charge in [-0.2, -0.15) is 0 Å². The standard InChI is InChI=1S/C29H22N2O2S2/c32-27-24-19-11-12-20(15-19)25(24)28(33)31(27)21-13-14-22-23(16-21)34-29(30-22)35-26(17-7-3-1-4-8-17)18-9-5-2-6-10-18/h1-14,16,19-20,24-26H,15H2/t19-,20-,24-,25+/m0/s1. The fourth-order valence-corrected chi connectivity index (χ4v) is 8.34. The van der Waals surface area contributed by atoms with Crippen molar-refractivity contribution in [3.8, 4) is 0 Å². The minimum absolute atomic E-state index is 0.0384. The van der Waals surface area contributed by atoms with Crippen molar-refractivity contribution < 1.29 is 9.59 Å². The lowest BCUT2D eigenvalue weighted by atomic mass is 9.85. The van der Waals surface area contributed by atoms with Crippen molar-refractivity contribution >= 4 is 50.8 Å². The molecule has 2 aliphatic carbocycles. The molecule has 1 aliphatic heterocycles. The number of nitrogens with zero attached hydrogens (tertiary/aromatic N) is 2. The van der Waals surface area contributed by atoms with Gasteiger partial charge >= 0.3 is 0 Å². The second-order valence-electron chi connectivity index (χ2n) is 9.46. The van der Waals surface area contributed by atoms with E-state index in [-0.39, 0.29) is 40.7 Å². The molecule has 7 rings (SSSR count). The van der Waals surface area contributed by atoms with E-state index in [1.54, 1.807) is 23.1 Å². The molecule has 4 nitrogen and oxygen atoms in total. The third-order valence-electron chi connectivity index (χ3n) is 7.50. The van der Waals surface area contributed by atoms with E-state index in [4.69, 9.17) is 4.98 Å². The van der Waals surface area contributed by atoms with Gasteiger partial charge in [0.05, 0.1) is 33.0 Å². The number of thiazole rings is 1. The van der Waals surface area contributed by atoms with Crippen molar-refractivity contribution in [3.63, 3.8) is 0 Å². The van der Waals surface area contributed by atoms with Crippen molar-refractivity contribution in [2.75, 3.05) is 4.90 Å². The second-order valence-corrected chi connectivity index (χ2v) is 11.8. The predicted octanol–water partition coefficient (Wildman–Crippen LogP) is 6.49. The number of fused-ring (bicyclic) bond motifs is 6. The highest BCUT2D eigenvalue weighted by molar-refractivity contribution is 8.01. The van der Waals surface area contributed by atoms with Crippen LogP contribution in [0.4, 0.5) is 5.69 Å². The van der Waals surface area contributed by atoms with E-state index in [0.29, 0.717) is 5.69 Å². The number of carbonyl (C=O) groups excluding carboxylic acids is 2. The molecule has 3 aliphatic rings. The lowest BCUT2D eigenvalue weighted by molar-refractivity contribution is -0.123. The van der Waals surface area contributed by atoms with Gasteiger partial charge in [-0.3, -0.25) is 9.59 Å². The fraction of sp³-hybridized carbons (Fsp3) is 0.207. The molecule has 2 amide bonds. The van der Waals surface area contributed by atoms with Crippen LogP contribution in [0.15, 0.2) is 95.4 Å². The highest BCUT2D eigenvalue weighted by Crippen LogP contribution is 2.53. The molecule has 2 fully saturated rings. The smallest absolute Gasteiger partial charge is 0.238 e. The Labute approximate surface area is 211 Å². The maximum atomic E-state index is 13.2. The van der Waals surface area contributed by atoms with Gasteiger partial charge < -0.3 is 0 Å². The minimum Gasteiger partial charge on any atom is -0.274 e. The number of hydrogen-bond acceptors (Lipinski definition) is 5.